The Balaban J connectivity index is 1.99. The second-order valence-corrected chi connectivity index (χ2v) is 5.68. The minimum absolute atomic E-state index is 0.130. The summed E-state index contributed by atoms with van der Waals surface area (Å²) in [5.41, 5.74) is 1.05. The van der Waals surface area contributed by atoms with Crippen molar-refractivity contribution in [1.82, 2.24) is 4.90 Å². The van der Waals surface area contributed by atoms with E-state index in [1.54, 1.807) is 6.08 Å². The van der Waals surface area contributed by atoms with Crippen LogP contribution in [0.4, 0.5) is 0 Å². The van der Waals surface area contributed by atoms with Gasteiger partial charge in [-0.25, -0.2) is 0 Å². The molecule has 96 valence electrons. The van der Waals surface area contributed by atoms with Crippen LogP contribution in [-0.2, 0) is 4.79 Å². The SMILES string of the molecule is CC1CCCCN1C(=O)C=Cc1ccc(Br)cc1. The smallest absolute Gasteiger partial charge is 0.246 e. The van der Waals surface area contributed by atoms with Crippen molar-refractivity contribution in [3.8, 4) is 0 Å². The molecule has 1 aliphatic rings. The van der Waals surface area contributed by atoms with Gasteiger partial charge >= 0.3 is 0 Å². The van der Waals surface area contributed by atoms with E-state index in [9.17, 15) is 4.79 Å². The molecular formula is C15H18BrNO. The van der Waals surface area contributed by atoms with E-state index in [2.05, 4.69) is 22.9 Å². The molecule has 18 heavy (non-hydrogen) atoms. The molecule has 1 aromatic rings. The van der Waals surface area contributed by atoms with Crippen LogP contribution < -0.4 is 0 Å². The first kappa shape index (κ1) is 13.3. The van der Waals surface area contributed by atoms with Gasteiger partial charge in [0.15, 0.2) is 0 Å². The topological polar surface area (TPSA) is 20.3 Å². The number of amides is 1. The van der Waals surface area contributed by atoms with Crippen molar-refractivity contribution in [2.75, 3.05) is 6.54 Å². The highest BCUT2D eigenvalue weighted by Gasteiger charge is 2.20. The fourth-order valence-corrected chi connectivity index (χ4v) is 2.53. The fourth-order valence-electron chi connectivity index (χ4n) is 2.26. The normalized spacial score (nSPS) is 20.3. The van der Waals surface area contributed by atoms with E-state index in [0.717, 1.165) is 29.4 Å². The maximum absolute atomic E-state index is 12.1. The molecule has 1 aliphatic heterocycles. The number of carbonyl (C=O) groups excluding carboxylic acids is 1. The van der Waals surface area contributed by atoms with E-state index in [-0.39, 0.29) is 5.91 Å². The van der Waals surface area contributed by atoms with Gasteiger partial charge in [0, 0.05) is 23.1 Å². The summed E-state index contributed by atoms with van der Waals surface area (Å²) in [4.78, 5) is 14.0. The van der Waals surface area contributed by atoms with Crippen LogP contribution >= 0.6 is 15.9 Å². The van der Waals surface area contributed by atoms with Gasteiger partial charge in [-0.3, -0.25) is 4.79 Å². The zero-order valence-electron chi connectivity index (χ0n) is 10.6. The van der Waals surface area contributed by atoms with Crippen molar-refractivity contribution in [3.63, 3.8) is 0 Å². The molecule has 1 heterocycles. The summed E-state index contributed by atoms with van der Waals surface area (Å²) >= 11 is 3.40. The first-order chi connectivity index (χ1) is 8.66. The third-order valence-corrected chi connectivity index (χ3v) is 3.90. The van der Waals surface area contributed by atoms with E-state index in [1.807, 2.05) is 35.2 Å². The number of hydrogen-bond donors (Lipinski definition) is 0. The molecule has 0 radical (unpaired) electrons. The van der Waals surface area contributed by atoms with Gasteiger partial charge < -0.3 is 4.90 Å². The van der Waals surface area contributed by atoms with E-state index in [4.69, 9.17) is 0 Å². The number of rotatable bonds is 2. The molecule has 0 bridgehead atoms. The highest BCUT2D eigenvalue weighted by molar-refractivity contribution is 9.10. The average Bonchev–Trinajstić information content (AvgIpc) is 2.38. The van der Waals surface area contributed by atoms with Gasteiger partial charge in [0.25, 0.3) is 0 Å². The molecule has 1 unspecified atom stereocenters. The first-order valence-corrected chi connectivity index (χ1v) is 7.20. The van der Waals surface area contributed by atoms with Crippen LogP contribution in [0.25, 0.3) is 6.08 Å². The summed E-state index contributed by atoms with van der Waals surface area (Å²) in [5, 5.41) is 0. The van der Waals surface area contributed by atoms with Crippen molar-refractivity contribution < 1.29 is 4.79 Å². The van der Waals surface area contributed by atoms with Crippen LogP contribution in [0, 0.1) is 0 Å². The Morgan fingerprint density at radius 1 is 1.33 bits per heavy atom. The van der Waals surface area contributed by atoms with E-state index in [0.29, 0.717) is 6.04 Å². The Hall–Kier alpha value is -1.09. The molecule has 2 rings (SSSR count). The van der Waals surface area contributed by atoms with Gasteiger partial charge in [-0.1, -0.05) is 28.1 Å². The molecule has 0 saturated carbocycles. The van der Waals surface area contributed by atoms with Crippen LogP contribution in [0.1, 0.15) is 31.7 Å². The monoisotopic (exact) mass is 307 g/mol. The predicted molar refractivity (Wildman–Crippen MR) is 78.2 cm³/mol. The summed E-state index contributed by atoms with van der Waals surface area (Å²) in [6, 6.07) is 8.32. The molecule has 0 aromatic heterocycles. The number of halogens is 1. The first-order valence-electron chi connectivity index (χ1n) is 6.41. The molecule has 3 heteroatoms. The number of likely N-dealkylation sites (tertiary alicyclic amines) is 1. The molecule has 1 fully saturated rings. The number of hydrogen-bond acceptors (Lipinski definition) is 1. The Kier molecular flexibility index (Phi) is 4.59. The average molecular weight is 308 g/mol. The quantitative estimate of drug-likeness (QED) is 0.760. The van der Waals surface area contributed by atoms with Gasteiger partial charge in [0.2, 0.25) is 5.91 Å². The van der Waals surface area contributed by atoms with Crippen molar-refractivity contribution in [3.05, 3.63) is 40.4 Å². The van der Waals surface area contributed by atoms with Crippen molar-refractivity contribution >= 4 is 27.9 Å². The highest BCUT2D eigenvalue weighted by atomic mass is 79.9. The van der Waals surface area contributed by atoms with Crippen LogP contribution in [0.5, 0.6) is 0 Å². The summed E-state index contributed by atoms with van der Waals surface area (Å²) < 4.78 is 1.05. The molecule has 1 atom stereocenters. The van der Waals surface area contributed by atoms with Crippen molar-refractivity contribution in [2.24, 2.45) is 0 Å². The molecule has 1 aromatic carbocycles. The van der Waals surface area contributed by atoms with E-state index >= 15 is 0 Å². The Bertz CT molecular complexity index is 438. The minimum atomic E-state index is 0.130. The number of benzene rings is 1. The Morgan fingerprint density at radius 3 is 2.72 bits per heavy atom. The Morgan fingerprint density at radius 2 is 2.06 bits per heavy atom. The zero-order chi connectivity index (χ0) is 13.0. The summed E-state index contributed by atoms with van der Waals surface area (Å²) in [7, 11) is 0. The lowest BCUT2D eigenvalue weighted by molar-refractivity contribution is -0.129. The van der Waals surface area contributed by atoms with Crippen molar-refractivity contribution in [1.29, 1.82) is 0 Å². The van der Waals surface area contributed by atoms with Gasteiger partial charge in [0.1, 0.15) is 0 Å². The minimum Gasteiger partial charge on any atom is -0.336 e. The van der Waals surface area contributed by atoms with Crippen molar-refractivity contribution in [2.45, 2.75) is 32.2 Å². The predicted octanol–water partition coefficient (Wildman–Crippen LogP) is 3.86. The lowest BCUT2D eigenvalue weighted by atomic mass is 10.0. The fraction of sp³-hybridized carbons (Fsp3) is 0.400. The second kappa shape index (κ2) is 6.19. The van der Waals surface area contributed by atoms with Crippen LogP contribution in [0.2, 0.25) is 0 Å². The third kappa shape index (κ3) is 3.45. The molecule has 1 amide bonds. The van der Waals surface area contributed by atoms with Crippen LogP contribution in [-0.4, -0.2) is 23.4 Å². The Labute approximate surface area is 117 Å². The van der Waals surface area contributed by atoms with E-state index in [1.165, 1.54) is 6.42 Å². The van der Waals surface area contributed by atoms with Crippen LogP contribution in [0.3, 0.4) is 0 Å². The lowest BCUT2D eigenvalue weighted by Crippen LogP contribution is -2.41. The number of carbonyl (C=O) groups is 1. The van der Waals surface area contributed by atoms with Gasteiger partial charge in [-0.15, -0.1) is 0 Å². The van der Waals surface area contributed by atoms with E-state index < -0.39 is 0 Å². The summed E-state index contributed by atoms with van der Waals surface area (Å²) in [5.74, 6) is 0.130. The molecule has 0 N–H and O–H groups in total. The largest absolute Gasteiger partial charge is 0.336 e. The van der Waals surface area contributed by atoms with Gasteiger partial charge in [-0.05, 0) is 50.0 Å². The number of nitrogens with zero attached hydrogens (tertiary/aromatic N) is 1. The molecule has 0 aliphatic carbocycles. The molecular weight excluding hydrogens is 290 g/mol. The molecule has 0 spiro atoms. The molecule has 2 nitrogen and oxygen atoms in total. The maximum Gasteiger partial charge on any atom is 0.246 e. The highest BCUT2D eigenvalue weighted by Crippen LogP contribution is 2.17. The summed E-state index contributed by atoms with van der Waals surface area (Å²) in [6.45, 7) is 3.02. The van der Waals surface area contributed by atoms with Gasteiger partial charge in [-0.2, -0.15) is 0 Å². The zero-order valence-corrected chi connectivity index (χ0v) is 12.2. The lowest BCUT2D eigenvalue weighted by Gasteiger charge is -2.32. The molecule has 1 saturated heterocycles. The standard InChI is InChI=1S/C15H18BrNO/c1-12-4-2-3-11-17(12)15(18)10-7-13-5-8-14(16)9-6-13/h5-10,12H,2-4,11H2,1H3. The second-order valence-electron chi connectivity index (χ2n) is 4.76. The maximum atomic E-state index is 12.1. The summed E-state index contributed by atoms with van der Waals surface area (Å²) in [6.07, 6.45) is 7.06. The van der Waals surface area contributed by atoms with Crippen LogP contribution in [0.15, 0.2) is 34.8 Å². The van der Waals surface area contributed by atoms with Gasteiger partial charge in [0.05, 0.1) is 0 Å². The number of piperidine rings is 1. The third-order valence-electron chi connectivity index (χ3n) is 3.37.